The summed E-state index contributed by atoms with van der Waals surface area (Å²) in [6, 6.07) is 7.56. The molecule has 0 aliphatic heterocycles. The summed E-state index contributed by atoms with van der Waals surface area (Å²) in [5.74, 6) is -0.279. The highest BCUT2D eigenvalue weighted by Gasteiger charge is 2.45. The zero-order valence-electron chi connectivity index (χ0n) is 25.3. The summed E-state index contributed by atoms with van der Waals surface area (Å²) in [6.07, 6.45) is 0. The molecule has 0 aliphatic rings. The molecule has 37 heavy (non-hydrogen) atoms. The van der Waals surface area contributed by atoms with E-state index in [0.717, 1.165) is 3.57 Å². The van der Waals surface area contributed by atoms with Gasteiger partial charge in [0.25, 0.3) is 0 Å². The highest BCUT2D eigenvalue weighted by atomic mass is 127. The van der Waals surface area contributed by atoms with E-state index in [1.807, 2.05) is 24.3 Å². The van der Waals surface area contributed by atoms with Crippen LogP contribution in [0.1, 0.15) is 93.4 Å². The summed E-state index contributed by atoms with van der Waals surface area (Å²) in [7, 11) is -3.88. The normalized spacial score (nSPS) is 13.6. The molecule has 0 aromatic heterocycles. The molecule has 1 aromatic rings. The number of hydrogen-bond acceptors (Lipinski definition) is 4. The Bertz CT molecular complexity index is 875. The second kappa shape index (κ2) is 15.5. The highest BCUT2D eigenvalue weighted by Crippen LogP contribution is 2.43. The van der Waals surface area contributed by atoms with Gasteiger partial charge in [-0.2, -0.15) is 0 Å². The van der Waals surface area contributed by atoms with Gasteiger partial charge < -0.3 is 9.16 Å². The van der Waals surface area contributed by atoms with Crippen LogP contribution >= 0.6 is 34.4 Å². The fourth-order valence-electron chi connectivity index (χ4n) is 6.36. The Balaban J connectivity index is 3.26. The number of rotatable bonds is 13. The van der Waals surface area contributed by atoms with Gasteiger partial charge in [0.05, 0.1) is 17.4 Å². The van der Waals surface area contributed by atoms with Crippen LogP contribution in [-0.2, 0) is 9.16 Å². The molecule has 0 unspecified atom stereocenters. The number of hydrogen-bond donors (Lipinski definition) is 0. The van der Waals surface area contributed by atoms with Gasteiger partial charge in [-0.3, -0.25) is 0 Å². The Labute approximate surface area is 248 Å². The van der Waals surface area contributed by atoms with Crippen molar-refractivity contribution in [3.8, 4) is 10.8 Å². The van der Waals surface area contributed by atoms with Crippen LogP contribution in [0.2, 0.25) is 33.2 Å². The van der Waals surface area contributed by atoms with Crippen molar-refractivity contribution in [1.82, 2.24) is 0 Å². The first-order valence-corrected chi connectivity index (χ1v) is 20.2. The molecule has 0 spiro atoms. The number of halogens is 1. The molecule has 0 fully saturated rings. The molecule has 0 aliphatic carbocycles. The minimum absolute atomic E-state index is 0.0286. The molecular formula is C30H51IO3SSi2. The fourth-order valence-corrected chi connectivity index (χ4v) is 18.8. The molecule has 1 atom stereocenters. The zero-order chi connectivity index (χ0) is 28.6. The van der Waals surface area contributed by atoms with Gasteiger partial charge in [0.2, 0.25) is 0 Å². The Morgan fingerprint density at radius 3 is 1.73 bits per heavy atom. The largest absolute Gasteiger partial charge is 0.461 e. The van der Waals surface area contributed by atoms with Crippen molar-refractivity contribution in [1.29, 1.82) is 0 Å². The van der Waals surface area contributed by atoms with Crippen molar-refractivity contribution in [3.05, 3.63) is 33.4 Å². The molecule has 0 heterocycles. The first-order valence-electron chi connectivity index (χ1n) is 13.9. The number of ether oxygens (including phenoxy) is 1. The summed E-state index contributed by atoms with van der Waals surface area (Å²) in [6.45, 7) is 28.7. The van der Waals surface area contributed by atoms with Gasteiger partial charge in [0.15, 0.2) is 8.32 Å². The van der Waals surface area contributed by atoms with E-state index in [1.165, 1.54) is 0 Å². The molecule has 0 amide bonds. The third-order valence-electron chi connectivity index (χ3n) is 8.08. The van der Waals surface area contributed by atoms with Crippen molar-refractivity contribution < 1.29 is 14.0 Å². The van der Waals surface area contributed by atoms with Gasteiger partial charge in [-0.05, 0) is 73.2 Å². The SMILES string of the molecule is CC(C)[Si](C#CS[C@@H](COC(=O)c1ccccc1I)CO[Si](C(C)C)(C(C)C)C(C)C)(C(C)C)C(C)C. The van der Waals surface area contributed by atoms with Gasteiger partial charge >= 0.3 is 5.97 Å². The predicted octanol–water partition coefficient (Wildman–Crippen LogP) is 9.92. The summed E-state index contributed by atoms with van der Waals surface area (Å²) in [4.78, 5) is 12.9. The van der Waals surface area contributed by atoms with Gasteiger partial charge in [0, 0.05) is 3.57 Å². The maximum absolute atomic E-state index is 12.9. The lowest BCUT2D eigenvalue weighted by atomic mass is 10.2. The van der Waals surface area contributed by atoms with Crippen molar-refractivity contribution >= 4 is 56.7 Å². The van der Waals surface area contributed by atoms with E-state index in [4.69, 9.17) is 9.16 Å². The number of carbonyl (C=O) groups is 1. The minimum atomic E-state index is -2.04. The minimum Gasteiger partial charge on any atom is -0.461 e. The Morgan fingerprint density at radius 2 is 1.30 bits per heavy atom. The molecule has 210 valence electrons. The maximum Gasteiger partial charge on any atom is 0.339 e. The summed E-state index contributed by atoms with van der Waals surface area (Å²) < 4.78 is 13.7. The van der Waals surface area contributed by atoms with E-state index in [-0.39, 0.29) is 11.2 Å². The molecule has 0 saturated heterocycles. The molecular weight excluding hydrogens is 623 g/mol. The van der Waals surface area contributed by atoms with Gasteiger partial charge in [-0.15, -0.1) is 5.54 Å². The maximum atomic E-state index is 12.9. The lowest BCUT2D eigenvalue weighted by molar-refractivity contribution is 0.0490. The predicted molar refractivity (Wildman–Crippen MR) is 177 cm³/mol. The van der Waals surface area contributed by atoms with E-state index < -0.39 is 16.4 Å². The molecule has 1 aromatic carbocycles. The van der Waals surface area contributed by atoms with E-state index >= 15 is 0 Å². The van der Waals surface area contributed by atoms with Crippen LogP contribution in [0, 0.1) is 14.4 Å². The van der Waals surface area contributed by atoms with E-state index in [1.54, 1.807) is 11.8 Å². The topological polar surface area (TPSA) is 35.5 Å². The standard InChI is InChI=1S/C30H51IO3SSi2/c1-21(2)36(22(3)4,23(5)6)18-17-35-27(19-33-30(32)28-15-13-14-16-29(28)31)20-34-37(24(7)8,25(9)10)26(11)12/h13-16,21-27H,19-20H2,1-12H3/t27-/m0/s1. The van der Waals surface area contributed by atoms with Gasteiger partial charge in [-0.1, -0.05) is 107 Å². The number of benzene rings is 1. The van der Waals surface area contributed by atoms with E-state index in [0.29, 0.717) is 52.0 Å². The molecule has 0 saturated carbocycles. The lowest BCUT2D eigenvalue weighted by Crippen LogP contribution is -2.49. The first-order chi connectivity index (χ1) is 17.1. The Morgan fingerprint density at radius 1 is 0.811 bits per heavy atom. The Hall–Kier alpha value is -0.276. The molecule has 0 N–H and O–H groups in total. The van der Waals surface area contributed by atoms with E-state index in [2.05, 4.69) is 116 Å². The zero-order valence-corrected chi connectivity index (χ0v) is 30.3. The molecule has 7 heteroatoms. The molecule has 1 rings (SSSR count). The second-order valence-corrected chi connectivity index (χ2v) is 25.4. The van der Waals surface area contributed by atoms with Crippen LogP contribution in [0.4, 0.5) is 0 Å². The van der Waals surface area contributed by atoms with Crippen molar-refractivity contribution in [3.63, 3.8) is 0 Å². The van der Waals surface area contributed by atoms with Crippen LogP contribution < -0.4 is 0 Å². The first kappa shape index (κ1) is 34.8. The molecule has 0 bridgehead atoms. The van der Waals surface area contributed by atoms with Crippen molar-refractivity contribution in [2.45, 2.75) is 122 Å². The van der Waals surface area contributed by atoms with Crippen LogP contribution in [0.15, 0.2) is 24.3 Å². The van der Waals surface area contributed by atoms with Gasteiger partial charge in [0.1, 0.15) is 14.7 Å². The highest BCUT2D eigenvalue weighted by molar-refractivity contribution is 14.1. The average molecular weight is 675 g/mol. The van der Waals surface area contributed by atoms with Crippen LogP contribution in [0.3, 0.4) is 0 Å². The smallest absolute Gasteiger partial charge is 0.339 e. The monoisotopic (exact) mass is 674 g/mol. The summed E-state index contributed by atoms with van der Waals surface area (Å²) in [5.41, 5.74) is 7.67. The van der Waals surface area contributed by atoms with Crippen LogP contribution in [-0.4, -0.2) is 40.8 Å². The third kappa shape index (κ3) is 8.60. The third-order valence-corrected chi connectivity index (χ3v) is 22.4. The summed E-state index contributed by atoms with van der Waals surface area (Å²) in [5, 5.41) is 3.51. The fraction of sp³-hybridized carbons (Fsp3) is 0.700. The van der Waals surface area contributed by atoms with Gasteiger partial charge in [-0.25, -0.2) is 4.79 Å². The molecule has 0 radical (unpaired) electrons. The molecule has 3 nitrogen and oxygen atoms in total. The lowest BCUT2D eigenvalue weighted by Gasteiger charge is -2.42. The number of thioether (sulfide) groups is 1. The number of carbonyl (C=O) groups excluding carboxylic acids is 1. The second-order valence-electron chi connectivity index (χ2n) is 12.1. The van der Waals surface area contributed by atoms with Crippen LogP contribution in [0.25, 0.3) is 0 Å². The number of esters is 1. The van der Waals surface area contributed by atoms with Crippen molar-refractivity contribution in [2.24, 2.45) is 0 Å². The average Bonchev–Trinajstić information content (AvgIpc) is 2.78. The summed E-state index contributed by atoms with van der Waals surface area (Å²) >= 11 is 3.80. The quantitative estimate of drug-likeness (QED) is 0.0903. The van der Waals surface area contributed by atoms with E-state index in [9.17, 15) is 4.79 Å². The van der Waals surface area contributed by atoms with Crippen LogP contribution in [0.5, 0.6) is 0 Å². The Kier molecular flexibility index (Phi) is 14.6. The van der Waals surface area contributed by atoms with Crippen molar-refractivity contribution in [2.75, 3.05) is 13.2 Å².